The summed E-state index contributed by atoms with van der Waals surface area (Å²) in [6, 6.07) is 17.6. The molecule has 0 aromatic heterocycles. The number of carbonyl (C=O) groups is 2. The Morgan fingerprint density at radius 3 is 2.17 bits per heavy atom. The molecule has 0 radical (unpaired) electrons. The van der Waals surface area contributed by atoms with Crippen molar-refractivity contribution in [2.24, 2.45) is 5.92 Å². The Balaban J connectivity index is 2.16. The lowest BCUT2D eigenvalue weighted by Crippen LogP contribution is -2.42. The van der Waals surface area contributed by atoms with Gasteiger partial charge in [0.05, 0.1) is 7.11 Å². The number of benzene rings is 2. The van der Waals surface area contributed by atoms with Crippen LogP contribution in [0, 0.1) is 5.92 Å². The van der Waals surface area contributed by atoms with Gasteiger partial charge < -0.3 is 9.84 Å². The zero-order valence-corrected chi connectivity index (χ0v) is 12.6. The summed E-state index contributed by atoms with van der Waals surface area (Å²) < 4.78 is 4.86. The Morgan fingerprint density at radius 2 is 1.61 bits per heavy atom. The van der Waals surface area contributed by atoms with Gasteiger partial charge in [0.2, 0.25) is 0 Å². The van der Waals surface area contributed by atoms with Crippen molar-refractivity contribution in [2.75, 3.05) is 7.11 Å². The van der Waals surface area contributed by atoms with Crippen molar-refractivity contribution >= 4 is 17.3 Å². The molecule has 2 aromatic carbocycles. The second kappa shape index (κ2) is 5.82. The summed E-state index contributed by atoms with van der Waals surface area (Å²) in [7, 11) is 1.25. The second-order valence-corrected chi connectivity index (χ2v) is 5.42. The molecule has 2 aromatic rings. The van der Waals surface area contributed by atoms with E-state index < -0.39 is 23.3 Å². The molecule has 4 nitrogen and oxygen atoms in total. The summed E-state index contributed by atoms with van der Waals surface area (Å²) in [5.41, 5.74) is -0.390. The highest BCUT2D eigenvalue weighted by Crippen LogP contribution is 2.45. The Kier molecular flexibility index (Phi) is 3.84. The van der Waals surface area contributed by atoms with Gasteiger partial charge in [-0.25, -0.2) is 0 Å². The number of methoxy groups -OCH3 is 1. The summed E-state index contributed by atoms with van der Waals surface area (Å²) in [6.45, 7) is 0. The summed E-state index contributed by atoms with van der Waals surface area (Å²) in [4.78, 5) is 24.9. The normalized spacial score (nSPS) is 23.5. The minimum atomic E-state index is -1.94. The molecule has 2 unspecified atom stereocenters. The number of hydrogen-bond donors (Lipinski definition) is 1. The third kappa shape index (κ3) is 2.37. The van der Waals surface area contributed by atoms with Crippen LogP contribution in [0.4, 0.5) is 0 Å². The molecule has 0 fully saturated rings. The number of aliphatic hydroxyl groups is 1. The van der Waals surface area contributed by atoms with Crippen molar-refractivity contribution in [1.82, 2.24) is 0 Å². The highest BCUT2D eigenvalue weighted by atomic mass is 16.5. The molecule has 116 valence electrons. The lowest BCUT2D eigenvalue weighted by molar-refractivity contribution is -0.156. The average molecular weight is 308 g/mol. The van der Waals surface area contributed by atoms with Gasteiger partial charge >= 0.3 is 5.97 Å². The van der Waals surface area contributed by atoms with Crippen molar-refractivity contribution in [3.05, 3.63) is 77.9 Å². The first-order chi connectivity index (χ1) is 11.1. The van der Waals surface area contributed by atoms with E-state index in [9.17, 15) is 14.7 Å². The van der Waals surface area contributed by atoms with E-state index in [2.05, 4.69) is 0 Å². The van der Waals surface area contributed by atoms with Gasteiger partial charge in [-0.3, -0.25) is 9.59 Å². The van der Waals surface area contributed by atoms with Gasteiger partial charge in [-0.15, -0.1) is 0 Å². The molecule has 2 atom stereocenters. The SMILES string of the molecule is COC(=O)C1C(c2ccccc2)=CC(=O)C1(O)c1ccccc1. The van der Waals surface area contributed by atoms with Crippen LogP contribution >= 0.6 is 0 Å². The molecule has 4 heteroatoms. The fourth-order valence-corrected chi connectivity index (χ4v) is 3.00. The van der Waals surface area contributed by atoms with Crippen molar-refractivity contribution < 1.29 is 19.4 Å². The maximum absolute atomic E-state index is 12.6. The van der Waals surface area contributed by atoms with Crippen LogP contribution in [-0.2, 0) is 19.9 Å². The molecule has 1 N–H and O–H groups in total. The van der Waals surface area contributed by atoms with Crippen LogP contribution in [0.3, 0.4) is 0 Å². The summed E-state index contributed by atoms with van der Waals surface area (Å²) in [5.74, 6) is -2.25. The van der Waals surface area contributed by atoms with Crippen molar-refractivity contribution in [1.29, 1.82) is 0 Å². The Labute approximate surface area is 134 Å². The van der Waals surface area contributed by atoms with Crippen molar-refractivity contribution in [3.63, 3.8) is 0 Å². The molecular weight excluding hydrogens is 292 g/mol. The highest BCUT2D eigenvalue weighted by molar-refractivity contribution is 6.14. The zero-order valence-electron chi connectivity index (χ0n) is 12.6. The van der Waals surface area contributed by atoms with Crippen LogP contribution in [0.15, 0.2) is 66.7 Å². The van der Waals surface area contributed by atoms with Gasteiger partial charge in [-0.1, -0.05) is 60.7 Å². The summed E-state index contributed by atoms with van der Waals surface area (Å²) in [5, 5.41) is 11.1. The van der Waals surface area contributed by atoms with E-state index in [1.807, 2.05) is 18.2 Å². The summed E-state index contributed by atoms with van der Waals surface area (Å²) >= 11 is 0. The number of rotatable bonds is 3. The molecule has 0 aliphatic heterocycles. The third-order valence-electron chi connectivity index (χ3n) is 4.15. The average Bonchev–Trinajstić information content (AvgIpc) is 2.88. The van der Waals surface area contributed by atoms with Crippen LogP contribution in [-0.4, -0.2) is 24.0 Å². The quantitative estimate of drug-likeness (QED) is 0.884. The van der Waals surface area contributed by atoms with E-state index in [0.717, 1.165) is 0 Å². The summed E-state index contributed by atoms with van der Waals surface area (Å²) in [6.07, 6.45) is 1.34. The molecule has 1 aliphatic carbocycles. The predicted octanol–water partition coefficient (Wildman–Crippen LogP) is 2.33. The molecule has 0 heterocycles. The number of esters is 1. The minimum absolute atomic E-state index is 0.377. The molecule has 0 bridgehead atoms. The Morgan fingerprint density at radius 1 is 1.04 bits per heavy atom. The van der Waals surface area contributed by atoms with E-state index in [-0.39, 0.29) is 0 Å². The number of ether oxygens (including phenoxy) is 1. The van der Waals surface area contributed by atoms with Crippen LogP contribution in [0.1, 0.15) is 11.1 Å². The molecule has 0 spiro atoms. The molecule has 23 heavy (non-hydrogen) atoms. The van der Waals surface area contributed by atoms with Gasteiger partial charge in [-0.05, 0) is 22.8 Å². The van der Waals surface area contributed by atoms with Gasteiger partial charge in [0.1, 0.15) is 5.92 Å². The number of carbonyl (C=O) groups excluding carboxylic acids is 2. The van der Waals surface area contributed by atoms with E-state index in [4.69, 9.17) is 4.74 Å². The van der Waals surface area contributed by atoms with Crippen molar-refractivity contribution in [3.8, 4) is 0 Å². The topological polar surface area (TPSA) is 63.6 Å². The fourth-order valence-electron chi connectivity index (χ4n) is 3.00. The molecule has 1 aliphatic rings. The van der Waals surface area contributed by atoms with Crippen LogP contribution in [0.2, 0.25) is 0 Å². The standard InChI is InChI=1S/C19H16O4/c1-23-18(21)17-15(13-8-4-2-5-9-13)12-16(20)19(17,22)14-10-6-3-7-11-14/h2-12,17,22H,1H3. The maximum Gasteiger partial charge on any atom is 0.316 e. The van der Waals surface area contributed by atoms with Crippen molar-refractivity contribution in [2.45, 2.75) is 5.60 Å². The van der Waals surface area contributed by atoms with E-state index in [0.29, 0.717) is 16.7 Å². The lowest BCUT2D eigenvalue weighted by atomic mass is 9.79. The molecule has 0 amide bonds. The molecule has 3 rings (SSSR count). The minimum Gasteiger partial charge on any atom is -0.468 e. The fraction of sp³-hybridized carbons (Fsp3) is 0.158. The van der Waals surface area contributed by atoms with E-state index in [1.165, 1.54) is 13.2 Å². The molecule has 0 saturated heterocycles. The predicted molar refractivity (Wildman–Crippen MR) is 85.3 cm³/mol. The van der Waals surface area contributed by atoms with Crippen LogP contribution in [0.5, 0.6) is 0 Å². The van der Waals surface area contributed by atoms with Gasteiger partial charge in [0.15, 0.2) is 11.4 Å². The van der Waals surface area contributed by atoms with Crippen LogP contribution in [0.25, 0.3) is 5.57 Å². The van der Waals surface area contributed by atoms with Gasteiger partial charge in [-0.2, -0.15) is 0 Å². The van der Waals surface area contributed by atoms with Crippen LogP contribution < -0.4 is 0 Å². The maximum atomic E-state index is 12.6. The Bertz CT molecular complexity index is 764. The zero-order chi connectivity index (χ0) is 16.4. The first-order valence-corrected chi connectivity index (χ1v) is 7.26. The number of ketones is 1. The van der Waals surface area contributed by atoms with Gasteiger partial charge in [0.25, 0.3) is 0 Å². The van der Waals surface area contributed by atoms with Gasteiger partial charge in [0, 0.05) is 0 Å². The first-order valence-electron chi connectivity index (χ1n) is 7.26. The highest BCUT2D eigenvalue weighted by Gasteiger charge is 2.55. The van der Waals surface area contributed by atoms with E-state index in [1.54, 1.807) is 42.5 Å². The smallest absolute Gasteiger partial charge is 0.316 e. The largest absolute Gasteiger partial charge is 0.468 e. The first kappa shape index (κ1) is 15.2. The van der Waals surface area contributed by atoms with E-state index >= 15 is 0 Å². The third-order valence-corrected chi connectivity index (χ3v) is 4.15. The Hall–Kier alpha value is -2.72. The second-order valence-electron chi connectivity index (χ2n) is 5.42. The molecule has 0 saturated carbocycles. The monoisotopic (exact) mass is 308 g/mol. The molecular formula is C19H16O4. The lowest BCUT2D eigenvalue weighted by Gasteiger charge is -2.29. The number of hydrogen-bond acceptors (Lipinski definition) is 4.